The van der Waals surface area contributed by atoms with Gasteiger partial charge in [0.1, 0.15) is 0 Å². The van der Waals surface area contributed by atoms with Crippen molar-refractivity contribution in [2.24, 2.45) is 0 Å². The molecule has 5 nitrogen and oxygen atoms in total. The molecule has 0 aliphatic rings. The summed E-state index contributed by atoms with van der Waals surface area (Å²) in [6.07, 6.45) is -0.205. The van der Waals surface area contributed by atoms with Crippen molar-refractivity contribution in [3.05, 3.63) is 35.4 Å². The van der Waals surface area contributed by atoms with E-state index in [1.54, 1.807) is 31.2 Å². The van der Waals surface area contributed by atoms with Gasteiger partial charge >= 0.3 is 0 Å². The van der Waals surface area contributed by atoms with Crippen LogP contribution < -0.4 is 4.72 Å². The van der Waals surface area contributed by atoms with E-state index in [0.29, 0.717) is 17.5 Å². The number of nitrogens with zero attached hydrogens (tertiary/aromatic N) is 1. The Morgan fingerprint density at radius 1 is 1.44 bits per heavy atom. The molecule has 0 aliphatic carbocycles. The molecule has 1 rings (SSSR count). The van der Waals surface area contributed by atoms with Crippen molar-refractivity contribution in [2.45, 2.75) is 25.2 Å². The Bertz CT molecular complexity index is 534. The van der Waals surface area contributed by atoms with Crippen LogP contribution in [-0.4, -0.2) is 26.2 Å². The van der Waals surface area contributed by atoms with Crippen LogP contribution in [-0.2, 0) is 15.8 Å². The van der Waals surface area contributed by atoms with Crippen molar-refractivity contribution < 1.29 is 13.5 Å². The third-order valence-electron chi connectivity index (χ3n) is 2.49. The molecular formula is C12H16N2O3S. The van der Waals surface area contributed by atoms with Gasteiger partial charge in [-0.1, -0.05) is 25.1 Å². The van der Waals surface area contributed by atoms with Crippen LogP contribution in [0.25, 0.3) is 0 Å². The average molecular weight is 268 g/mol. The van der Waals surface area contributed by atoms with Crippen molar-refractivity contribution >= 4 is 10.0 Å². The molecule has 0 amide bonds. The predicted octanol–water partition coefficient (Wildman–Crippen LogP) is 0.749. The highest BCUT2D eigenvalue weighted by Crippen LogP contribution is 2.10. The molecule has 0 spiro atoms. The average Bonchev–Trinajstić information content (AvgIpc) is 2.36. The molecule has 6 heteroatoms. The largest absolute Gasteiger partial charge is 0.392 e. The number of benzene rings is 1. The molecule has 0 aromatic heterocycles. The molecule has 1 aromatic carbocycles. The molecule has 0 radical (unpaired) electrons. The first kappa shape index (κ1) is 14.6. The minimum atomic E-state index is -3.53. The van der Waals surface area contributed by atoms with Crippen LogP contribution >= 0.6 is 0 Å². The Balaban J connectivity index is 2.74. The van der Waals surface area contributed by atoms with E-state index in [4.69, 9.17) is 5.26 Å². The zero-order chi connectivity index (χ0) is 13.6. The van der Waals surface area contributed by atoms with Gasteiger partial charge in [0.25, 0.3) is 0 Å². The summed E-state index contributed by atoms with van der Waals surface area (Å²) in [5, 5.41) is 18.2. The van der Waals surface area contributed by atoms with E-state index in [0.717, 1.165) is 0 Å². The molecular weight excluding hydrogens is 252 g/mol. The smallest absolute Gasteiger partial charge is 0.215 e. The summed E-state index contributed by atoms with van der Waals surface area (Å²) in [6.45, 7) is 1.76. The number of nitrogens with one attached hydrogen (secondary N) is 1. The first-order valence-electron chi connectivity index (χ1n) is 5.62. The van der Waals surface area contributed by atoms with Crippen LogP contribution in [0, 0.1) is 11.3 Å². The molecule has 0 aliphatic heterocycles. The SMILES string of the molecule is CCC(O)CNS(=O)(=O)Cc1ccccc1C#N. The standard InChI is InChI=1S/C12H16N2O3S/c1-2-12(15)8-14-18(16,17)9-11-6-4-3-5-10(11)7-13/h3-6,12,14-15H,2,8-9H2,1H3. The Morgan fingerprint density at radius 2 is 2.11 bits per heavy atom. The maximum atomic E-state index is 11.8. The summed E-state index contributed by atoms with van der Waals surface area (Å²) in [4.78, 5) is 0. The minimum absolute atomic E-state index is 0.00640. The van der Waals surface area contributed by atoms with Crippen LogP contribution in [0.15, 0.2) is 24.3 Å². The first-order valence-corrected chi connectivity index (χ1v) is 7.27. The van der Waals surface area contributed by atoms with Gasteiger partial charge in [-0.3, -0.25) is 0 Å². The quantitative estimate of drug-likeness (QED) is 0.796. The van der Waals surface area contributed by atoms with Gasteiger partial charge in [0.05, 0.1) is 23.5 Å². The van der Waals surface area contributed by atoms with E-state index in [2.05, 4.69) is 4.72 Å². The maximum absolute atomic E-state index is 11.8. The molecule has 0 saturated carbocycles. The van der Waals surface area contributed by atoms with E-state index >= 15 is 0 Å². The molecule has 0 saturated heterocycles. The van der Waals surface area contributed by atoms with Crippen LogP contribution in [0.1, 0.15) is 24.5 Å². The van der Waals surface area contributed by atoms with Crippen molar-refractivity contribution in [2.75, 3.05) is 6.54 Å². The van der Waals surface area contributed by atoms with Gasteiger partial charge in [0, 0.05) is 6.54 Å². The molecule has 18 heavy (non-hydrogen) atoms. The molecule has 0 fully saturated rings. The van der Waals surface area contributed by atoms with Crippen LogP contribution in [0.4, 0.5) is 0 Å². The molecule has 2 N–H and O–H groups in total. The number of nitriles is 1. The third kappa shape index (κ3) is 4.45. The molecule has 1 atom stereocenters. The topological polar surface area (TPSA) is 90.2 Å². The second-order valence-electron chi connectivity index (χ2n) is 3.94. The van der Waals surface area contributed by atoms with Crippen molar-refractivity contribution in [1.82, 2.24) is 4.72 Å². The van der Waals surface area contributed by atoms with E-state index in [9.17, 15) is 13.5 Å². The number of sulfonamides is 1. The Labute approximate surface area is 107 Å². The third-order valence-corrected chi connectivity index (χ3v) is 3.79. The van der Waals surface area contributed by atoms with Gasteiger partial charge in [-0.2, -0.15) is 5.26 Å². The molecule has 0 heterocycles. The Kier molecular flexibility index (Phi) is 5.28. The van der Waals surface area contributed by atoms with E-state index < -0.39 is 16.1 Å². The molecule has 98 valence electrons. The van der Waals surface area contributed by atoms with Gasteiger partial charge in [-0.05, 0) is 18.1 Å². The lowest BCUT2D eigenvalue weighted by Gasteiger charge is -2.10. The monoisotopic (exact) mass is 268 g/mol. The highest BCUT2D eigenvalue weighted by atomic mass is 32.2. The molecule has 1 unspecified atom stereocenters. The highest BCUT2D eigenvalue weighted by Gasteiger charge is 2.15. The molecule has 0 bridgehead atoms. The number of rotatable bonds is 6. The van der Waals surface area contributed by atoms with Crippen LogP contribution in [0.5, 0.6) is 0 Å². The van der Waals surface area contributed by atoms with Gasteiger partial charge in [-0.15, -0.1) is 0 Å². The summed E-state index contributed by atoms with van der Waals surface area (Å²) in [7, 11) is -3.53. The summed E-state index contributed by atoms with van der Waals surface area (Å²) < 4.78 is 25.8. The van der Waals surface area contributed by atoms with Crippen LogP contribution in [0.3, 0.4) is 0 Å². The predicted molar refractivity (Wildman–Crippen MR) is 68.1 cm³/mol. The number of aliphatic hydroxyl groups excluding tert-OH is 1. The van der Waals surface area contributed by atoms with Crippen molar-refractivity contribution in [3.8, 4) is 6.07 Å². The fraction of sp³-hybridized carbons (Fsp3) is 0.417. The van der Waals surface area contributed by atoms with Crippen LogP contribution in [0.2, 0.25) is 0 Å². The van der Waals surface area contributed by atoms with E-state index in [-0.39, 0.29) is 12.3 Å². The zero-order valence-corrected chi connectivity index (χ0v) is 10.9. The van der Waals surface area contributed by atoms with Gasteiger partial charge in [0.2, 0.25) is 10.0 Å². The fourth-order valence-corrected chi connectivity index (χ4v) is 2.59. The van der Waals surface area contributed by atoms with E-state index in [1.807, 2.05) is 6.07 Å². The molecule has 1 aromatic rings. The van der Waals surface area contributed by atoms with E-state index in [1.165, 1.54) is 0 Å². The number of hydrogen-bond donors (Lipinski definition) is 2. The lowest BCUT2D eigenvalue weighted by molar-refractivity contribution is 0.174. The lowest BCUT2D eigenvalue weighted by Crippen LogP contribution is -2.32. The Hall–Kier alpha value is -1.42. The van der Waals surface area contributed by atoms with Gasteiger partial charge in [-0.25, -0.2) is 13.1 Å². The van der Waals surface area contributed by atoms with Crippen molar-refractivity contribution in [1.29, 1.82) is 5.26 Å². The summed E-state index contributed by atoms with van der Waals surface area (Å²) in [5.74, 6) is -0.257. The minimum Gasteiger partial charge on any atom is -0.392 e. The maximum Gasteiger partial charge on any atom is 0.215 e. The van der Waals surface area contributed by atoms with Crippen molar-refractivity contribution in [3.63, 3.8) is 0 Å². The summed E-state index contributed by atoms with van der Waals surface area (Å²) in [5.41, 5.74) is 0.803. The summed E-state index contributed by atoms with van der Waals surface area (Å²) >= 11 is 0. The zero-order valence-electron chi connectivity index (χ0n) is 10.1. The lowest BCUT2D eigenvalue weighted by atomic mass is 10.1. The first-order chi connectivity index (χ1) is 8.48. The fourth-order valence-electron chi connectivity index (χ4n) is 1.38. The van der Waals surface area contributed by atoms with Gasteiger partial charge in [0.15, 0.2) is 0 Å². The van der Waals surface area contributed by atoms with Gasteiger partial charge < -0.3 is 5.11 Å². The number of hydrogen-bond acceptors (Lipinski definition) is 4. The Morgan fingerprint density at radius 3 is 2.72 bits per heavy atom. The highest BCUT2D eigenvalue weighted by molar-refractivity contribution is 7.88. The second-order valence-corrected chi connectivity index (χ2v) is 5.75. The number of aliphatic hydroxyl groups is 1. The summed E-state index contributed by atoms with van der Waals surface area (Å²) in [6, 6.07) is 8.50. The second kappa shape index (κ2) is 6.50. The normalized spacial score (nSPS) is 12.9.